The van der Waals surface area contributed by atoms with E-state index in [0.29, 0.717) is 5.02 Å². The molecule has 3 N–H and O–H groups in total. The Bertz CT molecular complexity index is 352. The second-order valence-corrected chi connectivity index (χ2v) is 3.84. The van der Waals surface area contributed by atoms with Gasteiger partial charge in [0, 0.05) is 11.4 Å². The summed E-state index contributed by atoms with van der Waals surface area (Å²) < 4.78 is 38.2. The first kappa shape index (κ1) is 13.3. The molecule has 0 radical (unpaired) electrons. The highest BCUT2D eigenvalue weighted by molar-refractivity contribution is 6.30. The van der Waals surface area contributed by atoms with Gasteiger partial charge in [-0.05, 0) is 24.2 Å². The molecule has 1 aromatic rings. The van der Waals surface area contributed by atoms with Crippen molar-refractivity contribution in [1.29, 1.82) is 0 Å². The van der Waals surface area contributed by atoms with E-state index in [2.05, 4.69) is 0 Å². The molecule has 0 heterocycles. The third-order valence-corrected chi connectivity index (χ3v) is 2.55. The van der Waals surface area contributed by atoms with Crippen LogP contribution in [0.15, 0.2) is 24.3 Å². The second-order valence-electron chi connectivity index (χ2n) is 3.40. The van der Waals surface area contributed by atoms with Crippen LogP contribution in [0.3, 0.4) is 0 Å². The molecule has 1 atom stereocenters. The van der Waals surface area contributed by atoms with Gasteiger partial charge in [-0.2, -0.15) is 13.2 Å². The Labute approximate surface area is 95.8 Å². The fraction of sp³-hybridized carbons (Fsp3) is 0.400. The Morgan fingerprint density at radius 1 is 1.19 bits per heavy atom. The highest BCUT2D eigenvalue weighted by Gasteiger charge is 2.54. The summed E-state index contributed by atoms with van der Waals surface area (Å²) in [6, 6.07) is 4.88. The van der Waals surface area contributed by atoms with Crippen molar-refractivity contribution >= 4 is 11.6 Å². The first-order valence-corrected chi connectivity index (χ1v) is 4.94. The average molecular weight is 254 g/mol. The molecule has 90 valence electrons. The molecular formula is C10H11ClF3NO. The van der Waals surface area contributed by atoms with Crippen LogP contribution in [0.1, 0.15) is 12.0 Å². The van der Waals surface area contributed by atoms with Crippen LogP contribution in [-0.2, 0) is 5.60 Å². The summed E-state index contributed by atoms with van der Waals surface area (Å²) >= 11 is 5.57. The average Bonchev–Trinajstić information content (AvgIpc) is 2.17. The number of alkyl halides is 3. The van der Waals surface area contributed by atoms with Gasteiger partial charge >= 0.3 is 6.18 Å². The maximum Gasteiger partial charge on any atom is 0.421 e. The summed E-state index contributed by atoms with van der Waals surface area (Å²) in [6.07, 6.45) is -5.35. The van der Waals surface area contributed by atoms with Crippen LogP contribution in [0.5, 0.6) is 0 Å². The lowest BCUT2D eigenvalue weighted by Crippen LogP contribution is -2.43. The zero-order valence-corrected chi connectivity index (χ0v) is 9.02. The summed E-state index contributed by atoms with van der Waals surface area (Å²) in [4.78, 5) is 0. The summed E-state index contributed by atoms with van der Waals surface area (Å²) in [5.41, 5.74) is 1.93. The van der Waals surface area contributed by atoms with Crippen LogP contribution < -0.4 is 5.73 Å². The smallest absolute Gasteiger partial charge is 0.376 e. The summed E-state index contributed by atoms with van der Waals surface area (Å²) in [5.74, 6) is 0. The van der Waals surface area contributed by atoms with E-state index in [1.807, 2.05) is 0 Å². The molecule has 1 unspecified atom stereocenters. The molecule has 1 rings (SSSR count). The van der Waals surface area contributed by atoms with Crippen LogP contribution in [0.25, 0.3) is 0 Å². The molecule has 0 amide bonds. The van der Waals surface area contributed by atoms with Gasteiger partial charge in [-0.15, -0.1) is 0 Å². The zero-order valence-electron chi connectivity index (χ0n) is 8.26. The maximum atomic E-state index is 12.7. The van der Waals surface area contributed by atoms with Gasteiger partial charge in [0.25, 0.3) is 0 Å². The number of hydrogen-bond donors (Lipinski definition) is 2. The Balaban J connectivity index is 3.16. The van der Waals surface area contributed by atoms with Crippen molar-refractivity contribution < 1.29 is 18.3 Å². The Morgan fingerprint density at radius 2 is 1.69 bits per heavy atom. The van der Waals surface area contributed by atoms with Gasteiger partial charge in [0.1, 0.15) is 0 Å². The van der Waals surface area contributed by atoms with Crippen molar-refractivity contribution in [2.45, 2.75) is 18.2 Å². The fourth-order valence-corrected chi connectivity index (χ4v) is 1.51. The van der Waals surface area contributed by atoms with E-state index >= 15 is 0 Å². The van der Waals surface area contributed by atoms with Gasteiger partial charge in [0.15, 0.2) is 5.60 Å². The van der Waals surface area contributed by atoms with Gasteiger partial charge in [0.2, 0.25) is 0 Å². The molecule has 0 fully saturated rings. The summed E-state index contributed by atoms with van der Waals surface area (Å²) in [6.45, 7) is -0.265. The summed E-state index contributed by atoms with van der Waals surface area (Å²) in [5, 5.41) is 9.97. The molecular weight excluding hydrogens is 243 g/mol. The highest BCUT2D eigenvalue weighted by Crippen LogP contribution is 2.41. The van der Waals surface area contributed by atoms with E-state index < -0.39 is 18.2 Å². The molecule has 0 saturated carbocycles. The minimum atomic E-state index is -4.76. The van der Waals surface area contributed by atoms with E-state index in [-0.39, 0.29) is 12.1 Å². The zero-order chi connectivity index (χ0) is 12.4. The molecule has 16 heavy (non-hydrogen) atoms. The van der Waals surface area contributed by atoms with Crippen molar-refractivity contribution in [3.05, 3.63) is 34.9 Å². The van der Waals surface area contributed by atoms with E-state index in [4.69, 9.17) is 17.3 Å². The third kappa shape index (κ3) is 2.48. The molecule has 6 heteroatoms. The van der Waals surface area contributed by atoms with Crippen LogP contribution >= 0.6 is 11.6 Å². The Hall–Kier alpha value is -0.780. The van der Waals surface area contributed by atoms with Gasteiger partial charge in [-0.25, -0.2) is 0 Å². The van der Waals surface area contributed by atoms with Crippen molar-refractivity contribution in [2.24, 2.45) is 5.73 Å². The van der Waals surface area contributed by atoms with Crippen LogP contribution in [0.2, 0.25) is 5.02 Å². The van der Waals surface area contributed by atoms with Crippen molar-refractivity contribution in [2.75, 3.05) is 6.54 Å². The predicted octanol–water partition coefficient (Wildman–Crippen LogP) is 2.44. The first-order chi connectivity index (χ1) is 7.31. The lowest BCUT2D eigenvalue weighted by Gasteiger charge is -2.30. The fourth-order valence-electron chi connectivity index (χ4n) is 1.38. The summed E-state index contributed by atoms with van der Waals surface area (Å²) in [7, 11) is 0. The molecule has 0 aromatic heterocycles. The van der Waals surface area contributed by atoms with Crippen molar-refractivity contribution in [1.82, 2.24) is 0 Å². The Morgan fingerprint density at radius 3 is 2.06 bits per heavy atom. The van der Waals surface area contributed by atoms with Gasteiger partial charge in [-0.3, -0.25) is 0 Å². The normalized spacial score (nSPS) is 15.9. The molecule has 0 saturated heterocycles. The van der Waals surface area contributed by atoms with Crippen LogP contribution in [0.4, 0.5) is 13.2 Å². The number of aliphatic hydroxyl groups is 1. The quantitative estimate of drug-likeness (QED) is 0.869. The maximum absolute atomic E-state index is 12.7. The van der Waals surface area contributed by atoms with Gasteiger partial charge in [-0.1, -0.05) is 23.7 Å². The molecule has 0 spiro atoms. The standard InChI is InChI=1S/C10H11ClF3NO/c11-8-3-1-7(2-4-8)9(16,5-6-15)10(12,13)14/h1-4,16H,5-6,15H2. The van der Waals surface area contributed by atoms with Gasteiger partial charge in [0.05, 0.1) is 0 Å². The minimum Gasteiger partial charge on any atom is -0.376 e. The van der Waals surface area contributed by atoms with Crippen LogP contribution in [0, 0.1) is 0 Å². The van der Waals surface area contributed by atoms with E-state index in [1.165, 1.54) is 12.1 Å². The van der Waals surface area contributed by atoms with Gasteiger partial charge < -0.3 is 10.8 Å². The SMILES string of the molecule is NCCC(O)(c1ccc(Cl)cc1)C(F)(F)F. The lowest BCUT2D eigenvalue weighted by molar-refractivity contribution is -0.268. The molecule has 2 nitrogen and oxygen atoms in total. The van der Waals surface area contributed by atoms with Crippen molar-refractivity contribution in [3.63, 3.8) is 0 Å². The molecule has 0 bridgehead atoms. The van der Waals surface area contributed by atoms with E-state index in [0.717, 1.165) is 12.1 Å². The number of halogens is 4. The van der Waals surface area contributed by atoms with E-state index in [9.17, 15) is 18.3 Å². The largest absolute Gasteiger partial charge is 0.421 e. The highest BCUT2D eigenvalue weighted by atomic mass is 35.5. The van der Waals surface area contributed by atoms with Crippen molar-refractivity contribution in [3.8, 4) is 0 Å². The predicted molar refractivity (Wildman–Crippen MR) is 55.1 cm³/mol. The molecule has 0 aliphatic carbocycles. The number of nitrogens with two attached hydrogens (primary N) is 1. The monoisotopic (exact) mass is 253 g/mol. The molecule has 0 aliphatic heterocycles. The third-order valence-electron chi connectivity index (χ3n) is 2.30. The topological polar surface area (TPSA) is 46.2 Å². The first-order valence-electron chi connectivity index (χ1n) is 4.56. The number of hydrogen-bond acceptors (Lipinski definition) is 2. The number of benzene rings is 1. The van der Waals surface area contributed by atoms with E-state index in [1.54, 1.807) is 0 Å². The minimum absolute atomic E-state index is 0.255. The van der Waals surface area contributed by atoms with Crippen LogP contribution in [-0.4, -0.2) is 17.8 Å². The second kappa shape index (κ2) is 4.61. The molecule has 1 aromatic carbocycles. The lowest BCUT2D eigenvalue weighted by atomic mass is 9.90. The Kier molecular flexibility index (Phi) is 3.83. The molecule has 0 aliphatic rings. The number of rotatable bonds is 3.